The summed E-state index contributed by atoms with van der Waals surface area (Å²) in [5, 5.41) is 4.83. The van der Waals surface area contributed by atoms with Gasteiger partial charge in [-0.05, 0) is 180 Å². The van der Waals surface area contributed by atoms with Gasteiger partial charge in [-0.25, -0.2) is 0 Å². The van der Waals surface area contributed by atoms with Crippen LogP contribution in [0.3, 0.4) is 0 Å². The predicted octanol–water partition coefficient (Wildman–Crippen LogP) is 18.5. The minimum Gasteiger partial charge on any atom is -0.456 e. The lowest BCUT2D eigenvalue weighted by molar-refractivity contribution is 0.650. The van der Waals surface area contributed by atoms with Gasteiger partial charge in [0.25, 0.3) is 0 Å². The third-order valence-electron chi connectivity index (χ3n) is 17.8. The van der Waals surface area contributed by atoms with Gasteiger partial charge < -0.3 is 13.7 Å². The highest BCUT2D eigenvalue weighted by molar-refractivity contribution is 6.16. The molecule has 0 amide bonds. The van der Waals surface area contributed by atoms with Crippen LogP contribution in [0.4, 0.5) is 17.1 Å². The minimum absolute atomic E-state index is 0.163. The second-order valence-corrected chi connectivity index (χ2v) is 22.9. The number of aryl methyl sites for hydroxylation is 1. The van der Waals surface area contributed by atoms with Crippen LogP contribution in [-0.2, 0) is 21.7 Å². The molecular weight excluding hydrogens is 851 g/mol. The fraction of sp³-hybridized carbons (Fsp3) is 0.194. The van der Waals surface area contributed by atoms with Gasteiger partial charge in [0.15, 0.2) is 0 Å². The topological polar surface area (TPSA) is 29.5 Å². The molecule has 15 rings (SSSR count). The number of hydrogen-bond donors (Lipinski definition) is 0. The average Bonchev–Trinajstić information content (AvgIpc) is 4.13. The van der Waals surface area contributed by atoms with E-state index in [1.165, 1.54) is 133 Å². The number of hydrogen-bond acceptors (Lipinski definition) is 3. The lowest BCUT2D eigenvalue weighted by Crippen LogP contribution is -2.18. The van der Waals surface area contributed by atoms with Crippen molar-refractivity contribution >= 4 is 60.9 Å². The normalized spacial score (nSPS) is 16.5. The summed E-state index contributed by atoms with van der Waals surface area (Å²) in [6.45, 7) is 21.5. The maximum atomic E-state index is 6.46. The van der Waals surface area contributed by atoms with Gasteiger partial charge in [0.05, 0.1) is 0 Å². The monoisotopic (exact) mass is 903 g/mol. The number of benzene rings is 9. The van der Waals surface area contributed by atoms with E-state index in [1.54, 1.807) is 0 Å². The van der Waals surface area contributed by atoms with E-state index in [0.29, 0.717) is 0 Å². The van der Waals surface area contributed by atoms with Gasteiger partial charge in [0.1, 0.15) is 22.3 Å². The maximum absolute atomic E-state index is 6.46. The zero-order valence-corrected chi connectivity index (χ0v) is 41.3. The second-order valence-electron chi connectivity index (χ2n) is 22.9. The van der Waals surface area contributed by atoms with Crippen LogP contribution in [-0.4, -0.2) is 0 Å². The SMILES string of the molecule is Cc1ccccc1N(c1ccc2c(c1)C(C)(C)c1cc3c(cc1-2)C(C)(C)c1ccc2oc4ccccc4c2c1-3)c1ccc2c(c1)C(C)(C)c1cc3c(cc1-2)C(C)(C)c1ccc2oc4ccccc4c2c1-3. The zero-order valence-electron chi connectivity index (χ0n) is 41.3. The number of furan rings is 2. The molecule has 0 fully saturated rings. The maximum Gasteiger partial charge on any atom is 0.136 e. The summed E-state index contributed by atoms with van der Waals surface area (Å²) in [7, 11) is 0. The Balaban J connectivity index is 0.868. The van der Waals surface area contributed by atoms with Crippen LogP contribution in [0.25, 0.3) is 88.4 Å². The summed E-state index contributed by atoms with van der Waals surface area (Å²) in [5.41, 5.74) is 29.4. The Hall–Kier alpha value is -7.62. The van der Waals surface area contributed by atoms with Crippen molar-refractivity contribution in [2.75, 3.05) is 4.90 Å². The summed E-state index contributed by atoms with van der Waals surface area (Å²) in [6, 6.07) is 59.5. The summed E-state index contributed by atoms with van der Waals surface area (Å²) in [5.74, 6) is 0. The van der Waals surface area contributed by atoms with Crippen molar-refractivity contribution in [3.05, 3.63) is 208 Å². The Morgan fingerprint density at radius 1 is 0.329 bits per heavy atom. The summed E-state index contributed by atoms with van der Waals surface area (Å²) >= 11 is 0. The quantitative estimate of drug-likeness (QED) is 0.177. The van der Waals surface area contributed by atoms with Crippen LogP contribution >= 0.6 is 0 Å². The van der Waals surface area contributed by atoms with Crippen molar-refractivity contribution in [3.63, 3.8) is 0 Å². The molecule has 3 nitrogen and oxygen atoms in total. The molecule has 4 aliphatic rings. The van der Waals surface area contributed by atoms with Crippen LogP contribution in [0.1, 0.15) is 105 Å². The van der Waals surface area contributed by atoms with Gasteiger partial charge in [0, 0.05) is 60.3 Å². The van der Waals surface area contributed by atoms with Crippen LogP contribution < -0.4 is 4.90 Å². The molecule has 0 aliphatic heterocycles. The first-order valence-corrected chi connectivity index (χ1v) is 25.1. The predicted molar refractivity (Wildman–Crippen MR) is 291 cm³/mol. The van der Waals surface area contributed by atoms with Crippen molar-refractivity contribution in [3.8, 4) is 44.5 Å². The molecule has 0 spiro atoms. The highest BCUT2D eigenvalue weighted by Gasteiger charge is 2.45. The van der Waals surface area contributed by atoms with Gasteiger partial charge in [-0.3, -0.25) is 0 Å². The lowest BCUT2D eigenvalue weighted by Gasteiger charge is -2.30. The molecule has 0 unspecified atom stereocenters. The van der Waals surface area contributed by atoms with Crippen LogP contribution in [0, 0.1) is 6.92 Å². The third-order valence-corrected chi connectivity index (χ3v) is 17.8. The second kappa shape index (κ2) is 13.0. The molecule has 0 saturated carbocycles. The number of para-hydroxylation sites is 3. The number of anilines is 3. The fourth-order valence-electron chi connectivity index (χ4n) is 14.0. The standard InChI is InChI=1S/C67H53NO2/c1-36-16-10-13-19-55(36)68(37-22-24-39-43-32-53-45(34-51(43)66(6,7)49(39)30-37)60-47(64(53,2)3)26-28-58-62(60)41-17-11-14-20-56(41)69-58)38-23-25-40-44-33-54-46(35-52(44)67(8,9)50(40)31-38)61-48(65(54,4)5)27-29-59-63(61)42-18-12-15-21-57(42)70-59/h10-35H,1-9H3. The van der Waals surface area contributed by atoms with Gasteiger partial charge in [-0.1, -0.05) is 134 Å². The van der Waals surface area contributed by atoms with E-state index in [1.807, 2.05) is 0 Å². The molecule has 0 saturated heterocycles. The van der Waals surface area contributed by atoms with Crippen molar-refractivity contribution in [1.82, 2.24) is 0 Å². The molecule has 0 atom stereocenters. The molecule has 11 aromatic rings. The molecule has 0 bridgehead atoms. The van der Waals surface area contributed by atoms with E-state index in [2.05, 4.69) is 225 Å². The van der Waals surface area contributed by atoms with E-state index in [4.69, 9.17) is 8.83 Å². The van der Waals surface area contributed by atoms with E-state index in [-0.39, 0.29) is 21.7 Å². The van der Waals surface area contributed by atoms with Gasteiger partial charge in [-0.15, -0.1) is 0 Å². The molecular formula is C67H53NO2. The highest BCUT2D eigenvalue weighted by Crippen LogP contribution is 2.61. The first-order chi connectivity index (χ1) is 33.6. The molecule has 9 aromatic carbocycles. The Kier molecular flexibility index (Phi) is 7.46. The number of nitrogens with zero attached hydrogens (tertiary/aromatic N) is 1. The largest absolute Gasteiger partial charge is 0.456 e. The molecule has 2 heterocycles. The molecule has 0 N–H and O–H groups in total. The average molecular weight is 904 g/mol. The molecule has 3 heteroatoms. The van der Waals surface area contributed by atoms with Crippen LogP contribution in [0.5, 0.6) is 0 Å². The van der Waals surface area contributed by atoms with E-state index < -0.39 is 0 Å². The van der Waals surface area contributed by atoms with E-state index in [9.17, 15) is 0 Å². The van der Waals surface area contributed by atoms with Gasteiger partial charge >= 0.3 is 0 Å². The molecule has 338 valence electrons. The first-order valence-electron chi connectivity index (χ1n) is 25.1. The summed E-state index contributed by atoms with van der Waals surface area (Å²) in [6.07, 6.45) is 0. The van der Waals surface area contributed by atoms with Gasteiger partial charge in [0.2, 0.25) is 0 Å². The van der Waals surface area contributed by atoms with Gasteiger partial charge in [-0.2, -0.15) is 0 Å². The van der Waals surface area contributed by atoms with Crippen LogP contribution in [0.2, 0.25) is 0 Å². The van der Waals surface area contributed by atoms with Crippen molar-refractivity contribution in [2.45, 2.75) is 84.0 Å². The lowest BCUT2D eigenvalue weighted by atomic mass is 9.79. The highest BCUT2D eigenvalue weighted by atomic mass is 16.3. The molecule has 70 heavy (non-hydrogen) atoms. The van der Waals surface area contributed by atoms with Crippen molar-refractivity contribution in [2.24, 2.45) is 0 Å². The van der Waals surface area contributed by atoms with Crippen molar-refractivity contribution in [1.29, 1.82) is 0 Å². The molecule has 2 aromatic heterocycles. The molecule has 4 aliphatic carbocycles. The minimum atomic E-state index is -0.241. The summed E-state index contributed by atoms with van der Waals surface area (Å²) in [4.78, 5) is 2.51. The smallest absolute Gasteiger partial charge is 0.136 e. The zero-order chi connectivity index (χ0) is 47.5. The summed E-state index contributed by atoms with van der Waals surface area (Å²) < 4.78 is 12.9. The molecule has 0 radical (unpaired) electrons. The Morgan fingerprint density at radius 2 is 0.714 bits per heavy atom. The van der Waals surface area contributed by atoms with E-state index >= 15 is 0 Å². The first kappa shape index (κ1) is 40.3. The Bertz CT molecular complexity index is 3950. The Morgan fingerprint density at radius 3 is 1.19 bits per heavy atom. The van der Waals surface area contributed by atoms with E-state index in [0.717, 1.165) is 22.3 Å². The van der Waals surface area contributed by atoms with Crippen LogP contribution in [0.15, 0.2) is 167 Å². The Labute approximate surface area is 409 Å². The third kappa shape index (κ3) is 4.86. The number of rotatable bonds is 3. The van der Waals surface area contributed by atoms with Crippen molar-refractivity contribution < 1.29 is 8.83 Å². The number of fused-ring (bicyclic) bond motifs is 20. The fourth-order valence-corrected chi connectivity index (χ4v) is 14.0.